The largest absolute Gasteiger partial charge is 0.507 e. The summed E-state index contributed by atoms with van der Waals surface area (Å²) in [5.74, 6) is 0.0139. The molecule has 25 heavy (non-hydrogen) atoms. The number of likely N-dealkylation sites (N-methyl/N-ethyl adjacent to an activating group) is 1. The number of fused-ring (bicyclic) bond motifs is 1. The highest BCUT2D eigenvalue weighted by Crippen LogP contribution is 2.41. The SMILES string of the molecule is CCCCC1CN(C2COC2)c2cc(SC)c(O)cc2S(=O)(=O)N1C. The zero-order chi connectivity index (χ0) is 18.2. The van der Waals surface area contributed by atoms with E-state index in [1.165, 1.54) is 22.1 Å². The topological polar surface area (TPSA) is 70.1 Å². The van der Waals surface area contributed by atoms with Gasteiger partial charge in [-0.25, -0.2) is 8.42 Å². The van der Waals surface area contributed by atoms with Crippen LogP contribution in [0.2, 0.25) is 0 Å². The third-order valence-electron chi connectivity index (χ3n) is 5.10. The number of anilines is 1. The summed E-state index contributed by atoms with van der Waals surface area (Å²) in [4.78, 5) is 3.05. The molecule has 0 amide bonds. The van der Waals surface area contributed by atoms with Gasteiger partial charge in [-0.3, -0.25) is 0 Å². The van der Waals surface area contributed by atoms with Gasteiger partial charge in [0.05, 0.1) is 29.8 Å². The van der Waals surface area contributed by atoms with Crippen molar-refractivity contribution < 1.29 is 18.3 Å². The van der Waals surface area contributed by atoms with Crippen molar-refractivity contribution in [1.29, 1.82) is 0 Å². The minimum atomic E-state index is -3.65. The zero-order valence-electron chi connectivity index (χ0n) is 14.9. The number of ether oxygens (including phenoxy) is 1. The summed E-state index contributed by atoms with van der Waals surface area (Å²) < 4.78 is 33.2. The van der Waals surface area contributed by atoms with Crippen molar-refractivity contribution in [2.24, 2.45) is 0 Å². The highest BCUT2D eigenvalue weighted by atomic mass is 32.2. The van der Waals surface area contributed by atoms with Gasteiger partial charge in [0.15, 0.2) is 0 Å². The Morgan fingerprint density at radius 2 is 2.08 bits per heavy atom. The molecule has 1 atom stereocenters. The van der Waals surface area contributed by atoms with Crippen LogP contribution in [0.15, 0.2) is 21.9 Å². The smallest absolute Gasteiger partial charge is 0.245 e. The predicted molar refractivity (Wildman–Crippen MR) is 100 cm³/mol. The van der Waals surface area contributed by atoms with Crippen LogP contribution in [-0.2, 0) is 14.8 Å². The van der Waals surface area contributed by atoms with Crippen molar-refractivity contribution in [2.75, 3.05) is 38.0 Å². The molecular formula is C17H26N2O4S2. The number of sulfonamides is 1. The fraction of sp³-hybridized carbons (Fsp3) is 0.647. The van der Waals surface area contributed by atoms with Crippen LogP contribution in [0.25, 0.3) is 0 Å². The van der Waals surface area contributed by atoms with Gasteiger partial charge in [-0.05, 0) is 18.7 Å². The molecule has 0 saturated carbocycles. The summed E-state index contributed by atoms with van der Waals surface area (Å²) in [5, 5.41) is 10.2. The Balaban J connectivity index is 2.12. The molecule has 1 unspecified atom stereocenters. The third kappa shape index (κ3) is 3.37. The number of phenolic OH excluding ortho intramolecular Hbond substituents is 1. The lowest BCUT2D eigenvalue weighted by molar-refractivity contribution is 0.00685. The maximum atomic E-state index is 13.2. The van der Waals surface area contributed by atoms with Crippen LogP contribution in [0.5, 0.6) is 5.75 Å². The first kappa shape index (κ1) is 18.8. The van der Waals surface area contributed by atoms with Gasteiger partial charge in [0.1, 0.15) is 10.6 Å². The van der Waals surface area contributed by atoms with E-state index in [0.717, 1.165) is 19.3 Å². The molecule has 2 heterocycles. The molecule has 1 fully saturated rings. The molecule has 6 nitrogen and oxygen atoms in total. The minimum absolute atomic E-state index is 0.0139. The normalized spacial score (nSPS) is 23.8. The lowest BCUT2D eigenvalue weighted by Gasteiger charge is -2.40. The molecule has 2 aliphatic rings. The Morgan fingerprint density at radius 1 is 1.36 bits per heavy atom. The summed E-state index contributed by atoms with van der Waals surface area (Å²) in [6, 6.07) is 3.31. The van der Waals surface area contributed by atoms with Crippen molar-refractivity contribution in [3.8, 4) is 5.75 Å². The lowest BCUT2D eigenvalue weighted by atomic mass is 10.1. The van der Waals surface area contributed by atoms with E-state index >= 15 is 0 Å². The maximum absolute atomic E-state index is 13.2. The average molecular weight is 387 g/mol. The van der Waals surface area contributed by atoms with Gasteiger partial charge < -0.3 is 14.7 Å². The lowest BCUT2D eigenvalue weighted by Crippen LogP contribution is -2.53. The molecule has 2 aliphatic heterocycles. The highest BCUT2D eigenvalue weighted by molar-refractivity contribution is 7.98. The van der Waals surface area contributed by atoms with Crippen molar-refractivity contribution >= 4 is 27.5 Å². The van der Waals surface area contributed by atoms with E-state index in [0.29, 0.717) is 30.3 Å². The van der Waals surface area contributed by atoms with E-state index in [-0.39, 0.29) is 22.7 Å². The summed E-state index contributed by atoms with van der Waals surface area (Å²) in [6.45, 7) is 3.98. The van der Waals surface area contributed by atoms with E-state index < -0.39 is 10.0 Å². The maximum Gasteiger partial charge on any atom is 0.245 e. The Labute approximate surface area is 154 Å². The van der Waals surface area contributed by atoms with Gasteiger partial charge in [0.2, 0.25) is 10.0 Å². The summed E-state index contributed by atoms with van der Waals surface area (Å²) in [7, 11) is -2.00. The molecule has 0 radical (unpaired) electrons. The number of nitrogens with zero attached hydrogens (tertiary/aromatic N) is 2. The number of phenols is 1. The number of hydrogen-bond acceptors (Lipinski definition) is 6. The Bertz CT molecular complexity index is 734. The van der Waals surface area contributed by atoms with Crippen LogP contribution >= 0.6 is 11.8 Å². The van der Waals surface area contributed by atoms with Crippen LogP contribution < -0.4 is 4.90 Å². The van der Waals surface area contributed by atoms with Gasteiger partial charge in [-0.1, -0.05) is 19.8 Å². The summed E-state index contributed by atoms with van der Waals surface area (Å²) in [5.41, 5.74) is 0.682. The molecule has 1 aromatic carbocycles. The number of benzene rings is 1. The summed E-state index contributed by atoms with van der Waals surface area (Å²) >= 11 is 1.41. The molecule has 0 aliphatic carbocycles. The predicted octanol–water partition coefficient (Wildman–Crippen LogP) is 2.51. The fourth-order valence-electron chi connectivity index (χ4n) is 3.39. The van der Waals surface area contributed by atoms with Gasteiger partial charge in [0, 0.05) is 25.7 Å². The molecule has 0 spiro atoms. The number of aromatic hydroxyl groups is 1. The minimum Gasteiger partial charge on any atom is -0.507 e. The molecule has 140 valence electrons. The van der Waals surface area contributed by atoms with Crippen molar-refractivity contribution in [3.63, 3.8) is 0 Å². The van der Waals surface area contributed by atoms with Crippen LogP contribution in [0.1, 0.15) is 26.2 Å². The Kier molecular flexibility index (Phi) is 5.53. The quantitative estimate of drug-likeness (QED) is 0.784. The van der Waals surface area contributed by atoms with Gasteiger partial charge in [0.25, 0.3) is 0 Å². The first-order valence-corrected chi connectivity index (χ1v) is 11.3. The molecular weight excluding hydrogens is 360 g/mol. The molecule has 0 aromatic heterocycles. The van der Waals surface area contributed by atoms with Crippen LogP contribution in [-0.4, -0.2) is 63.0 Å². The average Bonchev–Trinajstić information content (AvgIpc) is 2.61. The van der Waals surface area contributed by atoms with Crippen LogP contribution in [0.3, 0.4) is 0 Å². The number of hydrogen-bond donors (Lipinski definition) is 1. The highest BCUT2D eigenvalue weighted by Gasteiger charge is 2.40. The zero-order valence-corrected chi connectivity index (χ0v) is 16.6. The number of rotatable bonds is 5. The van der Waals surface area contributed by atoms with E-state index in [1.807, 2.05) is 6.26 Å². The molecule has 8 heteroatoms. The second kappa shape index (κ2) is 7.34. The second-order valence-corrected chi connectivity index (χ2v) is 9.47. The first-order chi connectivity index (χ1) is 11.9. The van der Waals surface area contributed by atoms with E-state index in [2.05, 4.69) is 11.8 Å². The Morgan fingerprint density at radius 3 is 2.64 bits per heavy atom. The van der Waals surface area contributed by atoms with Crippen molar-refractivity contribution in [2.45, 2.75) is 48.1 Å². The van der Waals surface area contributed by atoms with Gasteiger partial charge in [-0.2, -0.15) is 4.31 Å². The number of unbranched alkanes of at least 4 members (excludes halogenated alkanes) is 1. The molecule has 1 aromatic rings. The van der Waals surface area contributed by atoms with Crippen LogP contribution in [0.4, 0.5) is 5.69 Å². The van der Waals surface area contributed by atoms with Crippen LogP contribution in [0, 0.1) is 0 Å². The van der Waals surface area contributed by atoms with Crippen molar-refractivity contribution in [3.05, 3.63) is 12.1 Å². The third-order valence-corrected chi connectivity index (χ3v) is 7.81. The Hall–Kier alpha value is -0.960. The van der Waals surface area contributed by atoms with Crippen molar-refractivity contribution in [1.82, 2.24) is 4.31 Å². The van der Waals surface area contributed by atoms with E-state index in [4.69, 9.17) is 4.74 Å². The second-order valence-electron chi connectivity index (χ2n) is 6.65. The number of thioether (sulfide) groups is 1. The van der Waals surface area contributed by atoms with E-state index in [9.17, 15) is 13.5 Å². The first-order valence-electron chi connectivity index (χ1n) is 8.63. The molecule has 3 rings (SSSR count). The van der Waals surface area contributed by atoms with Gasteiger partial charge >= 0.3 is 0 Å². The van der Waals surface area contributed by atoms with Gasteiger partial charge in [-0.15, -0.1) is 11.8 Å². The molecule has 0 bridgehead atoms. The summed E-state index contributed by atoms with van der Waals surface area (Å²) in [6.07, 6.45) is 4.71. The standard InChI is InChI=1S/C17H26N2O4S2/c1-4-5-6-12-9-19(13-10-23-11-13)14-7-16(24-3)15(20)8-17(14)25(21,22)18(12)2/h7-8,12-13,20H,4-6,9-11H2,1-3H3. The monoisotopic (exact) mass is 386 g/mol. The van der Waals surface area contributed by atoms with E-state index in [1.54, 1.807) is 13.1 Å². The molecule has 1 N–H and O–H groups in total. The molecule has 1 saturated heterocycles. The fourth-order valence-corrected chi connectivity index (χ4v) is 5.46.